The molecule has 0 spiro atoms. The van der Waals surface area contributed by atoms with Crippen LogP contribution in [0.15, 0.2) is 46.9 Å². The third-order valence-electron chi connectivity index (χ3n) is 4.36. The predicted octanol–water partition coefficient (Wildman–Crippen LogP) is 3.75. The van der Waals surface area contributed by atoms with Gasteiger partial charge in [0.15, 0.2) is 6.10 Å². The third kappa shape index (κ3) is 4.14. The van der Waals surface area contributed by atoms with Gasteiger partial charge in [-0.1, -0.05) is 12.1 Å². The highest BCUT2D eigenvalue weighted by molar-refractivity contribution is 5.97. The van der Waals surface area contributed by atoms with Crippen LogP contribution in [0.5, 0.6) is 5.75 Å². The van der Waals surface area contributed by atoms with Gasteiger partial charge >= 0.3 is 5.97 Å². The summed E-state index contributed by atoms with van der Waals surface area (Å²) in [6.07, 6.45) is -1.02. The molecule has 2 aromatic carbocycles. The first kappa shape index (κ1) is 19.4. The van der Waals surface area contributed by atoms with E-state index in [-0.39, 0.29) is 18.1 Å². The molecule has 0 bridgehead atoms. The Morgan fingerprint density at radius 1 is 1.18 bits per heavy atom. The molecule has 0 aliphatic carbocycles. The molecule has 6 nitrogen and oxygen atoms in total. The molecule has 1 N–H and O–H groups in total. The molecule has 0 saturated carbocycles. The van der Waals surface area contributed by atoms with Crippen LogP contribution in [-0.2, 0) is 16.1 Å². The molecule has 3 aromatic rings. The molecule has 0 radical (unpaired) electrons. The van der Waals surface area contributed by atoms with Gasteiger partial charge in [0, 0.05) is 17.5 Å². The lowest BCUT2D eigenvalue weighted by Gasteiger charge is -2.13. The van der Waals surface area contributed by atoms with Gasteiger partial charge in [0.05, 0.1) is 7.11 Å². The lowest BCUT2D eigenvalue weighted by molar-refractivity contribution is -0.129. The fraction of sp³-hybridized carbons (Fsp3) is 0.238. The lowest BCUT2D eigenvalue weighted by atomic mass is 10.1. The normalized spacial score (nSPS) is 11.9. The van der Waals surface area contributed by atoms with Gasteiger partial charge in [0.2, 0.25) is 5.76 Å². The third-order valence-corrected chi connectivity index (χ3v) is 4.36. The fourth-order valence-corrected chi connectivity index (χ4v) is 2.72. The second kappa shape index (κ2) is 8.12. The summed E-state index contributed by atoms with van der Waals surface area (Å²) in [5, 5.41) is 3.38. The summed E-state index contributed by atoms with van der Waals surface area (Å²) >= 11 is 0. The van der Waals surface area contributed by atoms with Gasteiger partial charge in [-0.15, -0.1) is 0 Å². The number of fused-ring (bicyclic) bond motifs is 1. The van der Waals surface area contributed by atoms with Crippen LogP contribution in [0.25, 0.3) is 11.0 Å². The van der Waals surface area contributed by atoms with E-state index >= 15 is 0 Å². The molecule has 7 heteroatoms. The van der Waals surface area contributed by atoms with Crippen molar-refractivity contribution in [2.24, 2.45) is 0 Å². The maximum atomic E-state index is 12.9. The average Bonchev–Trinajstić information content (AvgIpc) is 3.03. The second-order valence-corrected chi connectivity index (χ2v) is 6.31. The van der Waals surface area contributed by atoms with Gasteiger partial charge in [-0.2, -0.15) is 0 Å². The van der Waals surface area contributed by atoms with Crippen molar-refractivity contribution in [3.05, 3.63) is 65.2 Å². The van der Waals surface area contributed by atoms with Crippen molar-refractivity contribution in [1.82, 2.24) is 5.32 Å². The summed E-state index contributed by atoms with van der Waals surface area (Å²) < 4.78 is 28.9. The molecule has 0 unspecified atom stereocenters. The van der Waals surface area contributed by atoms with Crippen molar-refractivity contribution in [3.63, 3.8) is 0 Å². The van der Waals surface area contributed by atoms with Gasteiger partial charge in [-0.05, 0) is 49.7 Å². The number of halogens is 1. The SMILES string of the molecule is COc1ccc2oc(C(=O)O[C@@H](C)C(=O)NCc3ccc(F)cc3)c(C)c2c1. The highest BCUT2D eigenvalue weighted by Gasteiger charge is 2.24. The molecule has 1 heterocycles. The number of hydrogen-bond donors (Lipinski definition) is 1. The van der Waals surface area contributed by atoms with E-state index in [0.29, 0.717) is 16.9 Å². The first-order valence-electron chi connectivity index (χ1n) is 8.69. The number of esters is 1. The average molecular weight is 385 g/mol. The number of furan rings is 1. The van der Waals surface area contributed by atoms with Crippen molar-refractivity contribution in [2.45, 2.75) is 26.5 Å². The molecule has 3 rings (SSSR count). The van der Waals surface area contributed by atoms with Crippen LogP contribution < -0.4 is 10.1 Å². The van der Waals surface area contributed by atoms with Gasteiger partial charge in [-0.25, -0.2) is 9.18 Å². The number of carbonyl (C=O) groups is 2. The van der Waals surface area contributed by atoms with Crippen LogP contribution in [0.2, 0.25) is 0 Å². The molecule has 0 aliphatic rings. The molecule has 1 amide bonds. The van der Waals surface area contributed by atoms with Gasteiger partial charge < -0.3 is 19.2 Å². The number of amides is 1. The number of hydrogen-bond acceptors (Lipinski definition) is 5. The highest BCUT2D eigenvalue weighted by Crippen LogP contribution is 2.29. The number of methoxy groups -OCH3 is 1. The number of rotatable bonds is 6. The van der Waals surface area contributed by atoms with Crippen LogP contribution in [-0.4, -0.2) is 25.1 Å². The van der Waals surface area contributed by atoms with E-state index in [2.05, 4.69) is 5.32 Å². The van der Waals surface area contributed by atoms with Crippen molar-refractivity contribution >= 4 is 22.8 Å². The Hall–Kier alpha value is -3.35. The number of ether oxygens (including phenoxy) is 2. The molecular weight excluding hydrogens is 365 g/mol. The summed E-state index contributed by atoms with van der Waals surface area (Å²) in [5.74, 6) is -0.854. The first-order chi connectivity index (χ1) is 13.4. The van der Waals surface area contributed by atoms with Gasteiger partial charge in [0.25, 0.3) is 5.91 Å². The number of benzene rings is 2. The van der Waals surface area contributed by atoms with Crippen LogP contribution in [0.4, 0.5) is 4.39 Å². The minimum atomic E-state index is -1.02. The van der Waals surface area contributed by atoms with Crippen LogP contribution in [0.1, 0.15) is 28.6 Å². The second-order valence-electron chi connectivity index (χ2n) is 6.31. The standard InChI is InChI=1S/C21H20FNO5/c1-12-17-10-16(26-3)8-9-18(17)28-19(12)21(25)27-13(2)20(24)23-11-14-4-6-15(22)7-5-14/h4-10,13H,11H2,1-3H3,(H,23,24)/t13-/m0/s1. The molecule has 1 atom stereocenters. The zero-order valence-corrected chi connectivity index (χ0v) is 15.7. The molecule has 0 fully saturated rings. The summed E-state index contributed by atoms with van der Waals surface area (Å²) in [4.78, 5) is 24.6. The minimum Gasteiger partial charge on any atom is -0.497 e. The maximum absolute atomic E-state index is 12.9. The topological polar surface area (TPSA) is 77.8 Å². The number of aryl methyl sites for hydroxylation is 1. The van der Waals surface area contributed by atoms with E-state index in [1.807, 2.05) is 0 Å². The Labute approximate surface area is 161 Å². The van der Waals surface area contributed by atoms with Gasteiger partial charge in [0.1, 0.15) is 17.1 Å². The molecule has 146 valence electrons. The molecule has 0 aliphatic heterocycles. The van der Waals surface area contributed by atoms with Crippen molar-refractivity contribution in [2.75, 3.05) is 7.11 Å². The molecular formula is C21H20FNO5. The number of carbonyl (C=O) groups excluding carboxylic acids is 2. The minimum absolute atomic E-state index is 0.0430. The smallest absolute Gasteiger partial charge is 0.375 e. The fourth-order valence-electron chi connectivity index (χ4n) is 2.72. The molecule has 1 aromatic heterocycles. The lowest BCUT2D eigenvalue weighted by Crippen LogP contribution is -2.35. The summed E-state index contributed by atoms with van der Waals surface area (Å²) in [6, 6.07) is 11.0. The number of nitrogens with one attached hydrogen (secondary N) is 1. The van der Waals surface area contributed by atoms with E-state index in [0.717, 1.165) is 10.9 Å². The van der Waals surface area contributed by atoms with Crippen molar-refractivity contribution in [3.8, 4) is 5.75 Å². The summed E-state index contributed by atoms with van der Waals surface area (Å²) in [6.45, 7) is 3.41. The maximum Gasteiger partial charge on any atom is 0.375 e. The van der Waals surface area contributed by atoms with Gasteiger partial charge in [-0.3, -0.25) is 4.79 Å². The Balaban J connectivity index is 1.64. The van der Waals surface area contributed by atoms with E-state index in [1.165, 1.54) is 19.1 Å². The van der Waals surface area contributed by atoms with Crippen LogP contribution >= 0.6 is 0 Å². The monoisotopic (exact) mass is 385 g/mol. The van der Waals surface area contributed by atoms with Crippen LogP contribution in [0.3, 0.4) is 0 Å². The van der Waals surface area contributed by atoms with E-state index in [1.54, 1.807) is 44.4 Å². The Morgan fingerprint density at radius 2 is 1.89 bits per heavy atom. The molecule has 28 heavy (non-hydrogen) atoms. The van der Waals surface area contributed by atoms with E-state index in [4.69, 9.17) is 13.9 Å². The molecule has 0 saturated heterocycles. The van der Waals surface area contributed by atoms with E-state index < -0.39 is 18.0 Å². The summed E-state index contributed by atoms with van der Waals surface area (Å²) in [7, 11) is 1.55. The zero-order valence-electron chi connectivity index (χ0n) is 15.7. The Morgan fingerprint density at radius 3 is 2.57 bits per heavy atom. The highest BCUT2D eigenvalue weighted by atomic mass is 19.1. The van der Waals surface area contributed by atoms with Crippen LogP contribution in [0, 0.1) is 12.7 Å². The zero-order chi connectivity index (χ0) is 20.3. The van der Waals surface area contributed by atoms with Crippen molar-refractivity contribution in [1.29, 1.82) is 0 Å². The predicted molar refractivity (Wildman–Crippen MR) is 101 cm³/mol. The quantitative estimate of drug-likeness (QED) is 0.654. The first-order valence-corrected chi connectivity index (χ1v) is 8.69. The Bertz CT molecular complexity index is 1010. The summed E-state index contributed by atoms with van der Waals surface area (Å²) in [5.41, 5.74) is 1.87. The van der Waals surface area contributed by atoms with Crippen molar-refractivity contribution < 1.29 is 27.9 Å². The largest absolute Gasteiger partial charge is 0.497 e. The van der Waals surface area contributed by atoms with E-state index in [9.17, 15) is 14.0 Å². The Kier molecular flexibility index (Phi) is 5.63.